The molecule has 8 N–H and O–H groups in total. The molecule has 2 aliphatic rings. The largest absolute Gasteiger partial charge is 0.355 e. The van der Waals surface area contributed by atoms with E-state index in [9.17, 15) is 38.4 Å². The van der Waals surface area contributed by atoms with Gasteiger partial charge in [-0.3, -0.25) is 38.4 Å². The van der Waals surface area contributed by atoms with Gasteiger partial charge in [0.25, 0.3) is 0 Å². The van der Waals surface area contributed by atoms with E-state index in [4.69, 9.17) is 0 Å². The summed E-state index contributed by atoms with van der Waals surface area (Å²) >= 11 is 0. The van der Waals surface area contributed by atoms with Crippen molar-refractivity contribution in [3.63, 3.8) is 0 Å². The van der Waals surface area contributed by atoms with E-state index in [0.717, 1.165) is 5.56 Å². The lowest BCUT2D eigenvalue weighted by Gasteiger charge is -2.31. The summed E-state index contributed by atoms with van der Waals surface area (Å²) < 4.78 is 0. The van der Waals surface area contributed by atoms with E-state index >= 15 is 0 Å². The molecule has 0 radical (unpaired) electrons. The van der Waals surface area contributed by atoms with Gasteiger partial charge in [-0.25, -0.2) is 0 Å². The molecule has 2 saturated heterocycles. The van der Waals surface area contributed by atoms with Crippen molar-refractivity contribution in [2.75, 3.05) is 45.8 Å². The third-order valence-electron chi connectivity index (χ3n) is 7.03. The maximum absolute atomic E-state index is 13.6. The highest BCUT2D eigenvalue weighted by molar-refractivity contribution is 6.06. The fourth-order valence-corrected chi connectivity index (χ4v) is 4.47. The van der Waals surface area contributed by atoms with Crippen LogP contribution in [0.25, 0.3) is 0 Å². The summed E-state index contributed by atoms with van der Waals surface area (Å²) in [7, 11) is 0. The SMILES string of the molecule is O=C1CCNC(=O)C2(CNC(=O)CCNC(=O)CN1)CNC(=O)CCNC(=O)[C@H](Cc1ccccc1)NC(=O)CCNC2=O. The van der Waals surface area contributed by atoms with E-state index in [1.54, 1.807) is 12.1 Å². The van der Waals surface area contributed by atoms with Gasteiger partial charge in [0, 0.05) is 71.4 Å². The number of carbonyl (C=O) groups excluding carboxylic acids is 8. The van der Waals surface area contributed by atoms with Crippen LogP contribution in [0.1, 0.15) is 31.2 Å². The molecule has 1 spiro atoms. The lowest BCUT2D eigenvalue weighted by Crippen LogP contribution is -2.62. The number of hydrogen-bond donors (Lipinski definition) is 8. The zero-order valence-electron chi connectivity index (χ0n) is 24.2. The van der Waals surface area contributed by atoms with Gasteiger partial charge < -0.3 is 42.5 Å². The van der Waals surface area contributed by atoms with Crippen LogP contribution in [0.4, 0.5) is 0 Å². The van der Waals surface area contributed by atoms with Gasteiger partial charge >= 0.3 is 0 Å². The van der Waals surface area contributed by atoms with Crippen molar-refractivity contribution in [3.8, 4) is 0 Å². The summed E-state index contributed by atoms with van der Waals surface area (Å²) in [6, 6.07) is 8.10. The van der Waals surface area contributed by atoms with E-state index in [1.807, 2.05) is 18.2 Å². The Balaban J connectivity index is 1.81. The third kappa shape index (κ3) is 10.4. The molecule has 1 unspecified atom stereocenters. The van der Waals surface area contributed by atoms with Gasteiger partial charge in [-0.05, 0) is 5.56 Å². The van der Waals surface area contributed by atoms with Crippen LogP contribution in [-0.2, 0) is 44.8 Å². The van der Waals surface area contributed by atoms with E-state index in [1.165, 1.54) is 0 Å². The van der Waals surface area contributed by atoms with Gasteiger partial charge in [-0.1, -0.05) is 30.3 Å². The van der Waals surface area contributed by atoms with Crippen LogP contribution >= 0.6 is 0 Å². The Morgan fingerprint density at radius 3 is 1.64 bits per heavy atom. The summed E-state index contributed by atoms with van der Waals surface area (Å²) in [4.78, 5) is 102. The molecule has 16 nitrogen and oxygen atoms in total. The van der Waals surface area contributed by atoms with E-state index in [-0.39, 0.29) is 64.8 Å². The molecule has 1 aromatic rings. The van der Waals surface area contributed by atoms with Crippen LogP contribution < -0.4 is 42.5 Å². The van der Waals surface area contributed by atoms with Crippen molar-refractivity contribution < 1.29 is 38.4 Å². The molecular weight excluding hydrogens is 576 g/mol. The lowest BCUT2D eigenvalue weighted by molar-refractivity contribution is -0.143. The van der Waals surface area contributed by atoms with Gasteiger partial charge in [0.2, 0.25) is 47.3 Å². The number of carbonyl (C=O) groups is 8. The van der Waals surface area contributed by atoms with Gasteiger partial charge in [-0.15, -0.1) is 0 Å². The predicted octanol–water partition coefficient (Wildman–Crippen LogP) is -3.90. The fraction of sp³-hybridized carbons (Fsp3) is 0.500. The Labute approximate surface area is 253 Å². The number of nitrogens with one attached hydrogen (secondary N) is 8. The molecule has 0 bridgehead atoms. The van der Waals surface area contributed by atoms with Gasteiger partial charge in [0.05, 0.1) is 6.54 Å². The molecule has 44 heavy (non-hydrogen) atoms. The monoisotopic (exact) mass is 614 g/mol. The number of amides is 8. The Hall–Kier alpha value is -5.02. The molecule has 238 valence electrons. The Morgan fingerprint density at radius 2 is 1.05 bits per heavy atom. The minimum Gasteiger partial charge on any atom is -0.355 e. The molecule has 1 aromatic carbocycles. The quantitative estimate of drug-likeness (QED) is 0.153. The highest BCUT2D eigenvalue weighted by Crippen LogP contribution is 2.18. The topological polar surface area (TPSA) is 233 Å². The molecule has 3 rings (SSSR count). The molecule has 2 fully saturated rings. The van der Waals surface area contributed by atoms with Crippen molar-refractivity contribution in [2.45, 2.75) is 38.1 Å². The van der Waals surface area contributed by atoms with Crippen molar-refractivity contribution in [3.05, 3.63) is 35.9 Å². The van der Waals surface area contributed by atoms with E-state index in [0.29, 0.717) is 0 Å². The molecule has 0 aliphatic carbocycles. The zero-order valence-corrected chi connectivity index (χ0v) is 24.2. The van der Waals surface area contributed by atoms with Crippen molar-refractivity contribution >= 4 is 47.3 Å². The minimum absolute atomic E-state index is 0.0607. The summed E-state index contributed by atoms with van der Waals surface area (Å²) in [5, 5.41) is 20.3. The summed E-state index contributed by atoms with van der Waals surface area (Å²) in [6.07, 6.45) is -0.639. The first kappa shape index (κ1) is 33.5. The van der Waals surface area contributed by atoms with Crippen LogP contribution in [0.15, 0.2) is 30.3 Å². The van der Waals surface area contributed by atoms with Crippen LogP contribution in [-0.4, -0.2) is 99.1 Å². The number of benzene rings is 1. The second-order valence-electron chi connectivity index (χ2n) is 10.4. The van der Waals surface area contributed by atoms with Crippen molar-refractivity contribution in [1.29, 1.82) is 0 Å². The normalized spacial score (nSPS) is 24.2. The molecule has 0 saturated carbocycles. The molecule has 16 heteroatoms. The number of rotatable bonds is 2. The molecule has 2 heterocycles. The van der Waals surface area contributed by atoms with Gasteiger partial charge in [0.15, 0.2) is 5.41 Å². The Kier molecular flexibility index (Phi) is 12.6. The maximum Gasteiger partial charge on any atom is 0.242 e. The molecule has 2 aliphatic heterocycles. The van der Waals surface area contributed by atoms with Crippen LogP contribution in [0.3, 0.4) is 0 Å². The summed E-state index contributed by atoms with van der Waals surface area (Å²) in [5.74, 6) is -4.99. The third-order valence-corrected chi connectivity index (χ3v) is 7.03. The van der Waals surface area contributed by atoms with Crippen molar-refractivity contribution in [2.24, 2.45) is 5.41 Å². The second-order valence-corrected chi connectivity index (χ2v) is 10.4. The first-order valence-corrected chi connectivity index (χ1v) is 14.3. The highest BCUT2D eigenvalue weighted by atomic mass is 16.2. The lowest BCUT2D eigenvalue weighted by atomic mass is 9.84. The Bertz CT molecular complexity index is 1260. The standard InChI is InChI=1S/C28H38N8O8/c37-20-8-12-31-26(43)28(16-34-21(38)6-10-29-24(41)15-33-20)17-35-22(39)7-11-30-25(42)19(14-18-4-2-1-3-5-18)36-23(40)9-13-32-27(28)44/h1-5,19H,6-17H2,(H,29,41)(H,30,42)(H,31,43)(H,32,44)(H,33,37)(H,34,38)(H,35,39)(H,36,40)/t19-,28?/m0/s1. The van der Waals surface area contributed by atoms with Crippen LogP contribution in [0, 0.1) is 5.41 Å². The number of hydrogen-bond acceptors (Lipinski definition) is 8. The minimum atomic E-state index is -2.07. The smallest absolute Gasteiger partial charge is 0.242 e. The van der Waals surface area contributed by atoms with E-state index < -0.39 is 71.8 Å². The predicted molar refractivity (Wildman–Crippen MR) is 154 cm³/mol. The van der Waals surface area contributed by atoms with Crippen LogP contribution in [0.5, 0.6) is 0 Å². The average molecular weight is 615 g/mol. The highest BCUT2D eigenvalue weighted by Gasteiger charge is 2.46. The van der Waals surface area contributed by atoms with Gasteiger partial charge in [-0.2, -0.15) is 0 Å². The first-order chi connectivity index (χ1) is 21.1. The second kappa shape index (κ2) is 16.6. The summed E-state index contributed by atoms with van der Waals surface area (Å²) in [5.41, 5.74) is -1.27. The summed E-state index contributed by atoms with van der Waals surface area (Å²) in [6.45, 7) is -1.97. The Morgan fingerprint density at radius 1 is 0.545 bits per heavy atom. The van der Waals surface area contributed by atoms with Gasteiger partial charge in [0.1, 0.15) is 6.04 Å². The molecule has 2 atom stereocenters. The fourth-order valence-electron chi connectivity index (χ4n) is 4.47. The van der Waals surface area contributed by atoms with Crippen molar-refractivity contribution in [1.82, 2.24) is 42.5 Å². The zero-order chi connectivity index (χ0) is 32.0. The molecule has 0 aromatic heterocycles. The average Bonchev–Trinajstić information content (AvgIpc) is 3.00. The van der Waals surface area contributed by atoms with E-state index in [2.05, 4.69) is 42.5 Å². The molecular formula is C28H38N8O8. The van der Waals surface area contributed by atoms with Crippen LogP contribution in [0.2, 0.25) is 0 Å². The maximum atomic E-state index is 13.6. The molecule has 8 amide bonds. The first-order valence-electron chi connectivity index (χ1n) is 14.3.